The van der Waals surface area contributed by atoms with E-state index in [0.717, 1.165) is 25.1 Å². The van der Waals surface area contributed by atoms with Crippen LogP contribution in [0.15, 0.2) is 18.2 Å². The van der Waals surface area contributed by atoms with E-state index in [4.69, 9.17) is 5.73 Å². The Morgan fingerprint density at radius 3 is 2.70 bits per heavy atom. The lowest BCUT2D eigenvalue weighted by Gasteiger charge is -2.23. The summed E-state index contributed by atoms with van der Waals surface area (Å²) in [5.74, 6) is 0.678. The molecule has 1 saturated carbocycles. The van der Waals surface area contributed by atoms with Crippen LogP contribution in [0.1, 0.15) is 38.7 Å². The molecule has 0 atom stereocenters. The van der Waals surface area contributed by atoms with E-state index >= 15 is 0 Å². The van der Waals surface area contributed by atoms with E-state index in [1.54, 1.807) is 12.1 Å². The molecule has 2 N–H and O–H groups in total. The molecule has 0 radical (unpaired) electrons. The van der Waals surface area contributed by atoms with E-state index in [-0.39, 0.29) is 11.4 Å². The zero-order chi connectivity index (χ0) is 14.7. The molecule has 0 saturated heterocycles. The second kappa shape index (κ2) is 6.22. The van der Waals surface area contributed by atoms with E-state index in [1.807, 2.05) is 6.07 Å². The van der Waals surface area contributed by atoms with Crippen molar-refractivity contribution in [1.82, 2.24) is 4.90 Å². The summed E-state index contributed by atoms with van der Waals surface area (Å²) in [5, 5.41) is 10.9. The summed E-state index contributed by atoms with van der Waals surface area (Å²) < 4.78 is 0. The van der Waals surface area contributed by atoms with Crippen LogP contribution in [0, 0.1) is 16.0 Å². The second-order valence-corrected chi connectivity index (χ2v) is 6.03. The van der Waals surface area contributed by atoms with Gasteiger partial charge in [0.25, 0.3) is 5.69 Å². The molecular formula is C15H23N3O2. The molecule has 5 nitrogen and oxygen atoms in total. The van der Waals surface area contributed by atoms with Crippen molar-refractivity contribution in [3.8, 4) is 0 Å². The van der Waals surface area contributed by atoms with Gasteiger partial charge >= 0.3 is 0 Å². The summed E-state index contributed by atoms with van der Waals surface area (Å²) >= 11 is 0. The number of anilines is 1. The molecule has 0 amide bonds. The van der Waals surface area contributed by atoms with Crippen LogP contribution in [0.2, 0.25) is 0 Å². The summed E-state index contributed by atoms with van der Waals surface area (Å²) in [6.07, 6.45) is 3.65. The molecule has 0 heterocycles. The molecular weight excluding hydrogens is 254 g/mol. The maximum atomic E-state index is 10.9. The highest BCUT2D eigenvalue weighted by molar-refractivity contribution is 5.59. The maximum Gasteiger partial charge on any atom is 0.292 e. The quantitative estimate of drug-likeness (QED) is 0.472. The number of hydrogen-bond donors (Lipinski definition) is 1. The Balaban J connectivity index is 2.06. The van der Waals surface area contributed by atoms with Crippen molar-refractivity contribution < 1.29 is 4.92 Å². The Labute approximate surface area is 119 Å². The lowest BCUT2D eigenvalue weighted by atomic mass is 10.1. The molecule has 2 rings (SSSR count). The molecule has 1 aromatic carbocycles. The highest BCUT2D eigenvalue weighted by Crippen LogP contribution is 2.30. The Bertz CT molecular complexity index is 484. The number of rotatable bonds is 7. The standard InChI is InChI=1S/C15H23N3O2/c1-11(2)7-8-17(13-4-5-13)10-12-3-6-14(16)15(9-12)18(19)20/h3,6,9,11,13H,4-5,7-8,10,16H2,1-2H3. The third-order valence-corrected chi connectivity index (χ3v) is 3.73. The fourth-order valence-corrected chi connectivity index (χ4v) is 2.33. The molecule has 110 valence electrons. The fourth-order valence-electron chi connectivity index (χ4n) is 2.33. The number of nitrogens with two attached hydrogens (primary N) is 1. The minimum Gasteiger partial charge on any atom is -0.393 e. The lowest BCUT2D eigenvalue weighted by Crippen LogP contribution is -2.27. The molecule has 0 spiro atoms. The van der Waals surface area contributed by atoms with E-state index in [0.29, 0.717) is 12.0 Å². The van der Waals surface area contributed by atoms with Crippen molar-refractivity contribution in [3.05, 3.63) is 33.9 Å². The van der Waals surface area contributed by atoms with Crippen molar-refractivity contribution in [1.29, 1.82) is 0 Å². The number of nitrogens with zero attached hydrogens (tertiary/aromatic N) is 2. The SMILES string of the molecule is CC(C)CCN(Cc1ccc(N)c([N+](=O)[O-])c1)C1CC1. The van der Waals surface area contributed by atoms with Crippen LogP contribution in [0.25, 0.3) is 0 Å². The largest absolute Gasteiger partial charge is 0.393 e. The average Bonchev–Trinajstić information content (AvgIpc) is 3.20. The Morgan fingerprint density at radius 2 is 2.15 bits per heavy atom. The number of hydrogen-bond acceptors (Lipinski definition) is 4. The van der Waals surface area contributed by atoms with E-state index < -0.39 is 4.92 Å². The summed E-state index contributed by atoms with van der Waals surface area (Å²) in [6, 6.07) is 5.80. The van der Waals surface area contributed by atoms with Crippen LogP contribution in [0.5, 0.6) is 0 Å². The van der Waals surface area contributed by atoms with Gasteiger partial charge in [-0.15, -0.1) is 0 Å². The maximum absolute atomic E-state index is 10.9. The van der Waals surface area contributed by atoms with Crippen LogP contribution in [0.4, 0.5) is 11.4 Å². The third kappa shape index (κ3) is 3.93. The first-order chi connectivity index (χ1) is 9.47. The Hall–Kier alpha value is -1.62. The molecule has 0 aliphatic heterocycles. The van der Waals surface area contributed by atoms with Gasteiger partial charge in [-0.3, -0.25) is 15.0 Å². The molecule has 0 unspecified atom stereocenters. The molecule has 1 fully saturated rings. The van der Waals surface area contributed by atoms with Crippen LogP contribution in [0.3, 0.4) is 0 Å². The molecule has 1 aliphatic carbocycles. The molecule has 1 aliphatic rings. The van der Waals surface area contributed by atoms with E-state index in [9.17, 15) is 10.1 Å². The minimum absolute atomic E-state index is 0.0158. The first-order valence-corrected chi connectivity index (χ1v) is 7.24. The predicted octanol–water partition coefficient (Wildman–Crippen LogP) is 3.19. The Morgan fingerprint density at radius 1 is 1.45 bits per heavy atom. The lowest BCUT2D eigenvalue weighted by molar-refractivity contribution is -0.384. The summed E-state index contributed by atoms with van der Waals surface area (Å²) in [5.41, 5.74) is 6.86. The van der Waals surface area contributed by atoms with Gasteiger partial charge in [0.15, 0.2) is 0 Å². The highest BCUT2D eigenvalue weighted by atomic mass is 16.6. The van der Waals surface area contributed by atoms with Crippen molar-refractivity contribution in [2.45, 2.75) is 45.7 Å². The van der Waals surface area contributed by atoms with Gasteiger partial charge < -0.3 is 5.73 Å². The molecule has 0 bridgehead atoms. The monoisotopic (exact) mass is 277 g/mol. The van der Waals surface area contributed by atoms with Gasteiger partial charge in [0.2, 0.25) is 0 Å². The third-order valence-electron chi connectivity index (χ3n) is 3.73. The van der Waals surface area contributed by atoms with E-state index in [1.165, 1.54) is 12.8 Å². The second-order valence-electron chi connectivity index (χ2n) is 6.03. The topological polar surface area (TPSA) is 72.4 Å². The number of nitro benzene ring substituents is 1. The predicted molar refractivity (Wildman–Crippen MR) is 80.4 cm³/mol. The van der Waals surface area contributed by atoms with Gasteiger partial charge in [0.05, 0.1) is 4.92 Å². The smallest absolute Gasteiger partial charge is 0.292 e. The first-order valence-electron chi connectivity index (χ1n) is 7.24. The van der Waals surface area contributed by atoms with Crippen LogP contribution >= 0.6 is 0 Å². The van der Waals surface area contributed by atoms with Gasteiger partial charge in [0.1, 0.15) is 5.69 Å². The molecule has 0 aromatic heterocycles. The Kier molecular flexibility index (Phi) is 4.60. The summed E-state index contributed by atoms with van der Waals surface area (Å²) in [7, 11) is 0. The van der Waals surface area contributed by atoms with Gasteiger partial charge in [-0.1, -0.05) is 19.9 Å². The zero-order valence-electron chi connectivity index (χ0n) is 12.2. The highest BCUT2D eigenvalue weighted by Gasteiger charge is 2.29. The number of benzene rings is 1. The van der Waals surface area contributed by atoms with Crippen LogP contribution in [-0.2, 0) is 6.54 Å². The van der Waals surface area contributed by atoms with Crippen molar-refractivity contribution in [2.24, 2.45) is 5.92 Å². The number of nitrogen functional groups attached to an aromatic ring is 1. The van der Waals surface area contributed by atoms with Crippen molar-refractivity contribution in [3.63, 3.8) is 0 Å². The average molecular weight is 277 g/mol. The van der Waals surface area contributed by atoms with Crippen LogP contribution in [-0.4, -0.2) is 22.4 Å². The van der Waals surface area contributed by atoms with Crippen molar-refractivity contribution >= 4 is 11.4 Å². The van der Waals surface area contributed by atoms with Gasteiger partial charge in [-0.2, -0.15) is 0 Å². The van der Waals surface area contributed by atoms with Gasteiger partial charge in [-0.25, -0.2) is 0 Å². The normalized spacial score (nSPS) is 15.0. The van der Waals surface area contributed by atoms with Gasteiger partial charge in [-0.05, 0) is 43.4 Å². The van der Waals surface area contributed by atoms with Crippen LogP contribution < -0.4 is 5.73 Å². The first kappa shape index (κ1) is 14.8. The molecule has 20 heavy (non-hydrogen) atoms. The zero-order valence-corrected chi connectivity index (χ0v) is 12.2. The minimum atomic E-state index is -0.408. The molecule has 1 aromatic rings. The summed E-state index contributed by atoms with van der Waals surface area (Å²) in [6.45, 7) is 6.28. The number of nitro groups is 1. The summed E-state index contributed by atoms with van der Waals surface area (Å²) in [4.78, 5) is 13.0. The van der Waals surface area contributed by atoms with Gasteiger partial charge in [0, 0.05) is 18.7 Å². The fraction of sp³-hybridized carbons (Fsp3) is 0.600. The molecule has 5 heteroatoms. The van der Waals surface area contributed by atoms with Crippen molar-refractivity contribution in [2.75, 3.05) is 12.3 Å². The van der Waals surface area contributed by atoms with E-state index in [2.05, 4.69) is 18.7 Å².